The molecular formula is C14H16Cl2N2OS. The van der Waals surface area contributed by atoms with Gasteiger partial charge in [-0.05, 0) is 44.5 Å². The molecule has 0 radical (unpaired) electrons. The van der Waals surface area contributed by atoms with Crippen molar-refractivity contribution >= 4 is 34.5 Å². The van der Waals surface area contributed by atoms with Crippen LogP contribution >= 0.6 is 34.5 Å². The Balaban J connectivity index is 2.19. The van der Waals surface area contributed by atoms with E-state index in [-0.39, 0.29) is 0 Å². The van der Waals surface area contributed by atoms with Gasteiger partial charge in [0.05, 0.1) is 10.7 Å². The van der Waals surface area contributed by atoms with Crippen LogP contribution in [0.4, 0.5) is 0 Å². The number of aryl methyl sites for hydroxylation is 2. The lowest BCUT2D eigenvalue weighted by atomic mass is 10.1. The van der Waals surface area contributed by atoms with Crippen molar-refractivity contribution in [2.45, 2.75) is 26.9 Å². The fourth-order valence-electron chi connectivity index (χ4n) is 1.85. The van der Waals surface area contributed by atoms with Gasteiger partial charge in [-0.2, -0.15) is 0 Å². The largest absolute Gasteiger partial charge is 0.485 e. The monoisotopic (exact) mass is 330 g/mol. The fourth-order valence-corrected chi connectivity index (χ4v) is 3.29. The lowest BCUT2D eigenvalue weighted by molar-refractivity contribution is 0.302. The minimum absolute atomic E-state index is 0.401. The van der Waals surface area contributed by atoms with Gasteiger partial charge in [-0.25, -0.2) is 4.98 Å². The molecule has 0 saturated heterocycles. The number of aromatic nitrogens is 1. The highest BCUT2D eigenvalue weighted by Crippen LogP contribution is 2.33. The summed E-state index contributed by atoms with van der Waals surface area (Å²) in [5.41, 5.74) is 7.57. The van der Waals surface area contributed by atoms with Crippen LogP contribution in [0.25, 0.3) is 0 Å². The highest BCUT2D eigenvalue weighted by molar-refractivity contribution is 7.11. The van der Waals surface area contributed by atoms with Gasteiger partial charge in [-0.1, -0.05) is 23.2 Å². The lowest BCUT2D eigenvalue weighted by Crippen LogP contribution is -2.06. The molecule has 0 amide bonds. The maximum Gasteiger partial charge on any atom is 0.141 e. The van der Waals surface area contributed by atoms with Crippen LogP contribution in [0, 0.1) is 13.8 Å². The molecule has 3 nitrogen and oxygen atoms in total. The Bertz CT molecular complexity index is 594. The third kappa shape index (κ3) is 3.64. The maximum atomic E-state index is 6.21. The number of hydrogen-bond donors (Lipinski definition) is 1. The van der Waals surface area contributed by atoms with E-state index < -0.39 is 0 Å². The molecule has 0 aliphatic carbocycles. The standard InChI is InChI=1S/C14H16Cl2N2OS/c1-8-9(2)20-13(18-8)7-19-14-10(3-4-17)5-11(15)6-12(14)16/h5-6H,3-4,7,17H2,1-2H3. The zero-order chi connectivity index (χ0) is 14.7. The van der Waals surface area contributed by atoms with E-state index in [1.165, 1.54) is 4.88 Å². The number of halogens is 2. The van der Waals surface area contributed by atoms with Crippen LogP contribution in [0.2, 0.25) is 10.0 Å². The number of hydrogen-bond acceptors (Lipinski definition) is 4. The van der Waals surface area contributed by atoms with Crippen LogP contribution in [0.1, 0.15) is 21.1 Å². The molecule has 0 bridgehead atoms. The van der Waals surface area contributed by atoms with Crippen molar-refractivity contribution in [3.05, 3.63) is 43.3 Å². The van der Waals surface area contributed by atoms with Crippen LogP contribution in [0.3, 0.4) is 0 Å². The second kappa shape index (κ2) is 6.76. The molecule has 2 aromatic rings. The van der Waals surface area contributed by atoms with Gasteiger partial charge in [0.1, 0.15) is 17.4 Å². The van der Waals surface area contributed by atoms with Crippen LogP contribution < -0.4 is 10.5 Å². The fraction of sp³-hybridized carbons (Fsp3) is 0.357. The quantitative estimate of drug-likeness (QED) is 0.895. The Kier molecular flexibility index (Phi) is 5.27. The SMILES string of the molecule is Cc1nc(COc2c(Cl)cc(Cl)cc2CCN)sc1C. The van der Waals surface area contributed by atoms with Gasteiger partial charge in [0, 0.05) is 9.90 Å². The van der Waals surface area contributed by atoms with Crippen molar-refractivity contribution in [2.75, 3.05) is 6.54 Å². The summed E-state index contributed by atoms with van der Waals surface area (Å²) in [5, 5.41) is 2.03. The molecule has 2 rings (SSSR count). The molecule has 1 aromatic heterocycles. The first-order valence-electron chi connectivity index (χ1n) is 6.25. The predicted octanol–water partition coefficient (Wildman–Crippen LogP) is 4.15. The zero-order valence-corrected chi connectivity index (χ0v) is 13.7. The third-order valence-electron chi connectivity index (χ3n) is 2.91. The number of thiazole rings is 1. The van der Waals surface area contributed by atoms with Gasteiger partial charge < -0.3 is 10.5 Å². The van der Waals surface area contributed by atoms with E-state index in [9.17, 15) is 0 Å². The lowest BCUT2D eigenvalue weighted by Gasteiger charge is -2.12. The van der Waals surface area contributed by atoms with Gasteiger partial charge in [0.15, 0.2) is 0 Å². The molecular weight excluding hydrogens is 315 g/mol. The highest BCUT2D eigenvalue weighted by atomic mass is 35.5. The van der Waals surface area contributed by atoms with E-state index >= 15 is 0 Å². The first kappa shape index (κ1) is 15.6. The van der Waals surface area contributed by atoms with Gasteiger partial charge in [-0.3, -0.25) is 0 Å². The van der Waals surface area contributed by atoms with E-state index in [1.807, 2.05) is 19.9 Å². The molecule has 0 fully saturated rings. The van der Waals surface area contributed by atoms with E-state index in [4.69, 9.17) is 33.7 Å². The molecule has 2 N–H and O–H groups in total. The zero-order valence-electron chi connectivity index (χ0n) is 11.4. The minimum Gasteiger partial charge on any atom is -0.485 e. The Morgan fingerprint density at radius 2 is 2.05 bits per heavy atom. The summed E-state index contributed by atoms with van der Waals surface area (Å²) in [6.45, 7) is 4.96. The van der Waals surface area contributed by atoms with E-state index in [2.05, 4.69) is 4.98 Å². The van der Waals surface area contributed by atoms with Gasteiger partial charge in [-0.15, -0.1) is 11.3 Å². The molecule has 0 aliphatic heterocycles. The molecule has 1 heterocycles. The molecule has 108 valence electrons. The predicted molar refractivity (Wildman–Crippen MR) is 85.1 cm³/mol. The average molecular weight is 331 g/mol. The topological polar surface area (TPSA) is 48.1 Å². The molecule has 6 heteroatoms. The molecule has 1 aromatic carbocycles. The highest BCUT2D eigenvalue weighted by Gasteiger charge is 2.12. The second-order valence-electron chi connectivity index (χ2n) is 4.45. The third-order valence-corrected chi connectivity index (χ3v) is 4.46. The summed E-state index contributed by atoms with van der Waals surface area (Å²) in [5.74, 6) is 0.645. The molecule has 0 saturated carbocycles. The van der Waals surface area contributed by atoms with E-state index in [0.717, 1.165) is 16.3 Å². The summed E-state index contributed by atoms with van der Waals surface area (Å²) >= 11 is 13.8. The molecule has 0 spiro atoms. The van der Waals surface area contributed by atoms with Crippen LogP contribution in [-0.2, 0) is 13.0 Å². The summed E-state index contributed by atoms with van der Waals surface area (Å²) < 4.78 is 5.83. The number of benzene rings is 1. The van der Waals surface area contributed by atoms with Crippen molar-refractivity contribution in [1.29, 1.82) is 0 Å². The van der Waals surface area contributed by atoms with E-state index in [0.29, 0.717) is 35.4 Å². The van der Waals surface area contributed by atoms with Crippen LogP contribution in [0.5, 0.6) is 5.75 Å². The summed E-state index contributed by atoms with van der Waals surface area (Å²) in [7, 11) is 0. The van der Waals surface area contributed by atoms with Crippen LogP contribution in [-0.4, -0.2) is 11.5 Å². The molecule has 0 aliphatic rings. The normalized spacial score (nSPS) is 10.8. The smallest absolute Gasteiger partial charge is 0.141 e. The molecule has 20 heavy (non-hydrogen) atoms. The van der Waals surface area contributed by atoms with Crippen molar-refractivity contribution in [2.24, 2.45) is 5.73 Å². The first-order valence-corrected chi connectivity index (χ1v) is 7.82. The molecule has 0 atom stereocenters. The van der Waals surface area contributed by atoms with Crippen molar-refractivity contribution in [3.8, 4) is 5.75 Å². The van der Waals surface area contributed by atoms with Crippen molar-refractivity contribution in [3.63, 3.8) is 0 Å². The number of rotatable bonds is 5. The number of nitrogens with zero attached hydrogens (tertiary/aromatic N) is 1. The Morgan fingerprint density at radius 1 is 1.30 bits per heavy atom. The summed E-state index contributed by atoms with van der Waals surface area (Å²) in [4.78, 5) is 5.65. The number of nitrogens with two attached hydrogens (primary N) is 1. The Hall–Kier alpha value is -0.810. The maximum absolute atomic E-state index is 6.21. The first-order chi connectivity index (χ1) is 9.51. The summed E-state index contributed by atoms with van der Waals surface area (Å²) in [6.07, 6.45) is 0.672. The van der Waals surface area contributed by atoms with Gasteiger partial charge in [0.2, 0.25) is 0 Å². The van der Waals surface area contributed by atoms with E-state index in [1.54, 1.807) is 17.4 Å². The summed E-state index contributed by atoms with van der Waals surface area (Å²) in [6, 6.07) is 3.52. The number of ether oxygens (including phenoxy) is 1. The van der Waals surface area contributed by atoms with Crippen molar-refractivity contribution in [1.82, 2.24) is 4.98 Å². The second-order valence-corrected chi connectivity index (χ2v) is 6.58. The van der Waals surface area contributed by atoms with Gasteiger partial charge >= 0.3 is 0 Å². The van der Waals surface area contributed by atoms with Crippen LogP contribution in [0.15, 0.2) is 12.1 Å². The van der Waals surface area contributed by atoms with Crippen molar-refractivity contribution < 1.29 is 4.74 Å². The minimum atomic E-state index is 0.401. The Labute approximate surface area is 132 Å². The Morgan fingerprint density at radius 3 is 2.65 bits per heavy atom. The van der Waals surface area contributed by atoms with Gasteiger partial charge in [0.25, 0.3) is 0 Å². The average Bonchev–Trinajstić information content (AvgIpc) is 2.68. The molecule has 0 unspecified atom stereocenters.